The summed E-state index contributed by atoms with van der Waals surface area (Å²) in [5.41, 5.74) is -0.900. The van der Waals surface area contributed by atoms with E-state index in [-0.39, 0.29) is 46.3 Å². The molecule has 2 aromatic rings. The predicted molar refractivity (Wildman–Crippen MR) is 116 cm³/mol. The van der Waals surface area contributed by atoms with Gasteiger partial charge < -0.3 is 19.9 Å². The number of aromatic hydroxyl groups is 1. The molecule has 4 atom stereocenters. The van der Waals surface area contributed by atoms with E-state index >= 15 is 0 Å². The topological polar surface area (TPSA) is 110 Å². The largest absolute Gasteiger partial charge is 0.493 e. The number of aromatic nitrogens is 3. The van der Waals surface area contributed by atoms with Gasteiger partial charge in [0.05, 0.1) is 12.1 Å². The van der Waals surface area contributed by atoms with E-state index in [1.165, 1.54) is 0 Å². The lowest BCUT2D eigenvalue weighted by Gasteiger charge is -2.42. The number of nitrogens with one attached hydrogen (secondary N) is 1. The Hall–Kier alpha value is -2.17. The second-order valence-corrected chi connectivity index (χ2v) is 9.70. The second kappa shape index (κ2) is 8.31. The highest BCUT2D eigenvalue weighted by Gasteiger charge is 2.48. The number of carbonyl (C=O) groups is 1. The third-order valence-corrected chi connectivity index (χ3v) is 6.04. The average molecular weight is 488 g/mol. The summed E-state index contributed by atoms with van der Waals surface area (Å²) >= 11 is 11.7. The van der Waals surface area contributed by atoms with Crippen molar-refractivity contribution >= 4 is 40.2 Å². The van der Waals surface area contributed by atoms with Crippen molar-refractivity contribution in [3.05, 3.63) is 16.3 Å². The van der Waals surface area contributed by atoms with E-state index in [0.717, 1.165) is 12.8 Å². The molecule has 0 saturated carbocycles. The normalized spacial score (nSPS) is 24.0. The maximum absolute atomic E-state index is 14.4. The molecule has 1 amide bonds. The molecule has 2 saturated heterocycles. The number of piperazine rings is 1. The molecule has 2 bridgehead atoms. The number of fused-ring (bicyclic) bond motifs is 3. The summed E-state index contributed by atoms with van der Waals surface area (Å²) in [4.78, 5) is 26.0. The number of rotatable bonds is 3. The third kappa shape index (κ3) is 4.23. The lowest BCUT2D eigenvalue weighted by Crippen LogP contribution is -2.64. The van der Waals surface area contributed by atoms with Crippen LogP contribution in [0.2, 0.25) is 10.4 Å². The average Bonchev–Trinajstić information content (AvgIpc) is 2.97. The molecule has 2 N–H and O–H groups in total. The predicted octanol–water partition coefficient (Wildman–Crippen LogP) is 3.68. The fourth-order valence-electron chi connectivity index (χ4n) is 4.36. The Morgan fingerprint density at radius 2 is 2.00 bits per heavy atom. The molecule has 0 unspecified atom stereocenters. The lowest BCUT2D eigenvalue weighted by molar-refractivity contribution is -0.00492. The number of carbonyl (C=O) groups excluding carboxylic acids is 1. The Morgan fingerprint density at radius 1 is 1.28 bits per heavy atom. The Balaban J connectivity index is 1.62. The van der Waals surface area contributed by atoms with Gasteiger partial charge in [-0.3, -0.25) is 4.90 Å². The number of hydrogen-bond acceptors (Lipinski definition) is 8. The van der Waals surface area contributed by atoms with E-state index in [2.05, 4.69) is 20.3 Å². The number of halogens is 3. The number of nitrogens with zero attached hydrogens (tertiary/aromatic N) is 4. The van der Waals surface area contributed by atoms with Gasteiger partial charge in [-0.25, -0.2) is 14.2 Å². The van der Waals surface area contributed by atoms with Gasteiger partial charge in [0.1, 0.15) is 22.6 Å². The monoisotopic (exact) mass is 487 g/mol. The minimum Gasteiger partial charge on any atom is -0.493 e. The molecule has 0 aromatic carbocycles. The Bertz CT molecular complexity index is 1070. The summed E-state index contributed by atoms with van der Waals surface area (Å²) in [5.74, 6) is -1.64. The fourth-order valence-corrected chi connectivity index (χ4v) is 4.69. The van der Waals surface area contributed by atoms with Crippen LogP contribution in [-0.4, -0.2) is 67.4 Å². The van der Waals surface area contributed by atoms with Crippen LogP contribution >= 0.6 is 23.2 Å². The van der Waals surface area contributed by atoms with Crippen LogP contribution in [0.1, 0.15) is 40.5 Å². The molecular formula is C20H24Cl2FN5O4. The first-order valence-corrected chi connectivity index (χ1v) is 11.0. The van der Waals surface area contributed by atoms with Crippen molar-refractivity contribution in [3.8, 4) is 11.8 Å². The van der Waals surface area contributed by atoms with E-state index in [0.29, 0.717) is 6.54 Å². The van der Waals surface area contributed by atoms with Gasteiger partial charge in [-0.1, -0.05) is 11.6 Å². The van der Waals surface area contributed by atoms with Gasteiger partial charge in [0, 0.05) is 12.6 Å². The van der Waals surface area contributed by atoms with E-state index in [1.807, 2.05) is 20.8 Å². The van der Waals surface area contributed by atoms with Gasteiger partial charge in [-0.15, -0.1) is 0 Å². The van der Waals surface area contributed by atoms with Crippen molar-refractivity contribution in [2.45, 2.75) is 70.4 Å². The number of amides is 1. The molecule has 0 spiro atoms. The van der Waals surface area contributed by atoms with Crippen molar-refractivity contribution in [2.75, 3.05) is 6.54 Å². The van der Waals surface area contributed by atoms with Crippen molar-refractivity contribution in [1.29, 1.82) is 0 Å². The number of ether oxygens (including phenoxy) is 2. The van der Waals surface area contributed by atoms with Crippen LogP contribution in [0.25, 0.3) is 10.9 Å². The van der Waals surface area contributed by atoms with Crippen molar-refractivity contribution in [2.24, 2.45) is 0 Å². The Kier molecular flexibility index (Phi) is 5.98. The highest BCUT2D eigenvalue weighted by molar-refractivity contribution is 6.31. The van der Waals surface area contributed by atoms with E-state index < -0.39 is 28.6 Å². The number of hydrogen-bond donors (Lipinski definition) is 2. The molecule has 2 aromatic heterocycles. The highest BCUT2D eigenvalue weighted by atomic mass is 35.5. The van der Waals surface area contributed by atoms with Crippen LogP contribution < -0.4 is 10.1 Å². The molecule has 0 radical (unpaired) electrons. The Morgan fingerprint density at radius 3 is 2.69 bits per heavy atom. The van der Waals surface area contributed by atoms with Gasteiger partial charge >= 0.3 is 6.09 Å². The quantitative estimate of drug-likeness (QED) is 0.498. The second-order valence-electron chi connectivity index (χ2n) is 9.00. The van der Waals surface area contributed by atoms with Crippen LogP contribution in [0.3, 0.4) is 0 Å². The van der Waals surface area contributed by atoms with E-state index in [1.54, 1.807) is 11.8 Å². The summed E-state index contributed by atoms with van der Waals surface area (Å²) in [6.45, 7) is 7.86. The lowest BCUT2D eigenvalue weighted by atomic mass is 10.0. The summed E-state index contributed by atoms with van der Waals surface area (Å²) in [7, 11) is 0. The molecule has 2 aliphatic rings. The molecule has 32 heavy (non-hydrogen) atoms. The maximum Gasteiger partial charge on any atom is 0.410 e. The molecule has 2 aliphatic heterocycles. The molecule has 12 heteroatoms. The highest BCUT2D eigenvalue weighted by Crippen LogP contribution is 2.37. The summed E-state index contributed by atoms with van der Waals surface area (Å²) < 4.78 is 26.1. The first-order chi connectivity index (χ1) is 15.0. The first kappa shape index (κ1) is 23.0. The van der Waals surface area contributed by atoms with E-state index in [4.69, 9.17) is 32.7 Å². The summed E-state index contributed by atoms with van der Waals surface area (Å²) in [6.07, 6.45) is 0.725. The van der Waals surface area contributed by atoms with Crippen LogP contribution in [0.4, 0.5) is 9.18 Å². The van der Waals surface area contributed by atoms with Gasteiger partial charge in [0.2, 0.25) is 17.0 Å². The molecule has 9 nitrogen and oxygen atoms in total. The molecule has 174 valence electrons. The first-order valence-electron chi connectivity index (χ1n) is 10.3. The molecule has 2 fully saturated rings. The van der Waals surface area contributed by atoms with Crippen LogP contribution in [-0.2, 0) is 4.74 Å². The van der Waals surface area contributed by atoms with Gasteiger partial charge in [0.25, 0.3) is 0 Å². The minimum absolute atomic E-state index is 0.0390. The summed E-state index contributed by atoms with van der Waals surface area (Å²) in [6, 6.07) is -0.394. The Labute approximate surface area is 194 Å². The van der Waals surface area contributed by atoms with Crippen molar-refractivity contribution in [3.63, 3.8) is 0 Å². The van der Waals surface area contributed by atoms with Crippen LogP contribution in [0.5, 0.6) is 11.8 Å². The third-order valence-electron chi connectivity index (χ3n) is 5.62. The van der Waals surface area contributed by atoms with Crippen molar-refractivity contribution < 1.29 is 23.8 Å². The van der Waals surface area contributed by atoms with Crippen molar-refractivity contribution in [1.82, 2.24) is 25.2 Å². The zero-order valence-electron chi connectivity index (χ0n) is 18.0. The zero-order chi connectivity index (χ0) is 23.4. The van der Waals surface area contributed by atoms with Crippen LogP contribution in [0.15, 0.2) is 0 Å². The SMILES string of the molecule is C[C@H](Oc1nc(Cl)c(F)c2nc(Cl)nc(O)c12)[C@H]1NC[C@H]2CC[C@@H]1N2C(=O)OC(C)(C)C. The van der Waals surface area contributed by atoms with Crippen LogP contribution in [0, 0.1) is 5.82 Å². The van der Waals surface area contributed by atoms with Gasteiger partial charge in [-0.2, -0.15) is 9.97 Å². The zero-order valence-corrected chi connectivity index (χ0v) is 19.5. The minimum atomic E-state index is -0.938. The van der Waals surface area contributed by atoms with E-state index in [9.17, 15) is 14.3 Å². The fraction of sp³-hybridized carbons (Fsp3) is 0.600. The molecule has 4 heterocycles. The summed E-state index contributed by atoms with van der Waals surface area (Å²) in [5, 5.41) is 12.7. The maximum atomic E-state index is 14.4. The smallest absolute Gasteiger partial charge is 0.410 e. The molecule has 0 aliphatic carbocycles. The number of pyridine rings is 1. The van der Waals surface area contributed by atoms with Gasteiger partial charge in [-0.05, 0) is 52.1 Å². The standard InChI is InChI=1S/C20H24Cl2FN5O4/c1-8(13-10-6-5-9(7-24-13)28(10)19(30)32-20(2,3)4)31-17-11-14(12(23)15(21)26-17)25-18(22)27-16(11)29/h8-10,13,24H,5-7H2,1-4H3,(H,25,27,29)/t8-,9+,10-,13+/m0/s1. The molecule has 4 rings (SSSR count). The molecular weight excluding hydrogens is 464 g/mol. The van der Waals surface area contributed by atoms with Gasteiger partial charge in [0.15, 0.2) is 11.0 Å².